The van der Waals surface area contributed by atoms with Crippen molar-refractivity contribution in [2.75, 3.05) is 17.6 Å². The van der Waals surface area contributed by atoms with Crippen LogP contribution in [0.2, 0.25) is 0 Å². The second kappa shape index (κ2) is 6.31. The summed E-state index contributed by atoms with van der Waals surface area (Å²) >= 11 is 3.84. The van der Waals surface area contributed by atoms with E-state index in [9.17, 15) is 4.39 Å². The summed E-state index contributed by atoms with van der Waals surface area (Å²) in [6, 6.07) is 0. The zero-order valence-corrected chi connectivity index (χ0v) is 13.4. The van der Waals surface area contributed by atoms with Gasteiger partial charge in [0.15, 0.2) is 11.6 Å². The van der Waals surface area contributed by atoms with Crippen LogP contribution in [0.15, 0.2) is 0 Å². The molecule has 3 atom stereocenters. The van der Waals surface area contributed by atoms with Crippen molar-refractivity contribution in [3.8, 4) is 0 Å². The van der Waals surface area contributed by atoms with Crippen LogP contribution in [0.25, 0.3) is 0 Å². The Kier molecular flexibility index (Phi) is 4.95. The number of anilines is 1. The van der Waals surface area contributed by atoms with Crippen molar-refractivity contribution in [1.29, 1.82) is 0 Å². The number of nitrogens with one attached hydrogen (secondary N) is 1. The smallest absolute Gasteiger partial charge is 0.186 e. The molecule has 1 N–H and O–H groups in total. The zero-order valence-electron chi connectivity index (χ0n) is 11.7. The molecule has 1 aliphatic rings. The SMILES string of the molecule is CCNc1nc(C2CSC(C)C(C)S2)nc(C)c1F. The van der Waals surface area contributed by atoms with Crippen LogP contribution in [0.5, 0.6) is 0 Å². The maximum absolute atomic E-state index is 13.9. The van der Waals surface area contributed by atoms with Crippen molar-refractivity contribution >= 4 is 29.3 Å². The average Bonchev–Trinajstić information content (AvgIpc) is 2.38. The van der Waals surface area contributed by atoms with Crippen LogP contribution in [0.1, 0.15) is 37.5 Å². The van der Waals surface area contributed by atoms with Crippen LogP contribution in [0.3, 0.4) is 0 Å². The second-order valence-corrected chi connectivity index (χ2v) is 7.72. The molecule has 1 fully saturated rings. The fourth-order valence-corrected chi connectivity index (χ4v) is 4.77. The molecule has 0 aliphatic carbocycles. The summed E-state index contributed by atoms with van der Waals surface area (Å²) in [5.41, 5.74) is 0.429. The predicted molar refractivity (Wildman–Crippen MR) is 82.6 cm³/mol. The number of nitrogens with zero attached hydrogens (tertiary/aromatic N) is 2. The summed E-state index contributed by atoms with van der Waals surface area (Å²) in [5, 5.41) is 4.45. The molecule has 1 aliphatic heterocycles. The van der Waals surface area contributed by atoms with Gasteiger partial charge in [-0.25, -0.2) is 14.4 Å². The standard InChI is InChI=1S/C13H20FN3S2/c1-5-15-13-11(14)7(2)16-12(17-13)10-6-18-8(3)9(4)19-10/h8-10H,5-6H2,1-4H3,(H,15,16,17). The molecule has 0 saturated carbocycles. The Morgan fingerprint density at radius 3 is 2.68 bits per heavy atom. The molecule has 2 heterocycles. The fourth-order valence-electron chi connectivity index (χ4n) is 1.93. The molecule has 6 heteroatoms. The van der Waals surface area contributed by atoms with Gasteiger partial charge in [-0.05, 0) is 13.8 Å². The summed E-state index contributed by atoms with van der Waals surface area (Å²) in [5.74, 6) is 1.75. The maximum atomic E-state index is 13.9. The molecule has 2 rings (SSSR count). The Balaban J connectivity index is 2.25. The van der Waals surface area contributed by atoms with Gasteiger partial charge in [0.05, 0.1) is 10.9 Å². The summed E-state index contributed by atoms with van der Waals surface area (Å²) in [4.78, 5) is 8.71. The van der Waals surface area contributed by atoms with Crippen molar-refractivity contribution in [1.82, 2.24) is 9.97 Å². The lowest BCUT2D eigenvalue weighted by Crippen LogP contribution is -2.23. The molecule has 19 heavy (non-hydrogen) atoms. The van der Waals surface area contributed by atoms with E-state index in [1.165, 1.54) is 0 Å². The highest BCUT2D eigenvalue weighted by molar-refractivity contribution is 8.07. The molecule has 3 nitrogen and oxygen atoms in total. The Bertz CT molecular complexity index is 456. The first kappa shape index (κ1) is 14.9. The number of halogens is 1. The molecular weight excluding hydrogens is 281 g/mol. The Labute approximate surface area is 122 Å². The highest BCUT2D eigenvalue weighted by atomic mass is 32.2. The molecule has 1 aromatic rings. The second-order valence-electron chi connectivity index (χ2n) is 4.73. The number of hydrogen-bond acceptors (Lipinski definition) is 5. The van der Waals surface area contributed by atoms with Crippen molar-refractivity contribution in [3.05, 3.63) is 17.3 Å². The van der Waals surface area contributed by atoms with Crippen LogP contribution >= 0.6 is 23.5 Å². The van der Waals surface area contributed by atoms with Gasteiger partial charge >= 0.3 is 0 Å². The fraction of sp³-hybridized carbons (Fsp3) is 0.692. The molecule has 0 aromatic carbocycles. The van der Waals surface area contributed by atoms with E-state index in [-0.39, 0.29) is 11.1 Å². The number of thioether (sulfide) groups is 2. The topological polar surface area (TPSA) is 37.8 Å². The first-order valence-corrected chi connectivity index (χ1v) is 8.57. The minimum Gasteiger partial charge on any atom is -0.368 e. The molecule has 0 spiro atoms. The lowest BCUT2D eigenvalue weighted by Gasteiger charge is -2.30. The molecule has 0 radical (unpaired) electrons. The molecule has 1 aromatic heterocycles. The van der Waals surface area contributed by atoms with Crippen LogP contribution in [-0.2, 0) is 0 Å². The van der Waals surface area contributed by atoms with Crippen molar-refractivity contribution in [3.63, 3.8) is 0 Å². The van der Waals surface area contributed by atoms with Gasteiger partial charge in [-0.15, -0.1) is 11.8 Å². The molecule has 1 saturated heterocycles. The number of rotatable bonds is 3. The van der Waals surface area contributed by atoms with Gasteiger partial charge in [0.1, 0.15) is 5.82 Å². The third-order valence-corrected chi connectivity index (χ3v) is 6.60. The van der Waals surface area contributed by atoms with Crippen molar-refractivity contribution < 1.29 is 4.39 Å². The van der Waals surface area contributed by atoms with Crippen LogP contribution in [0.4, 0.5) is 10.2 Å². The molecule has 3 unspecified atom stereocenters. The summed E-state index contributed by atoms with van der Waals surface area (Å²) < 4.78 is 13.9. The summed E-state index contributed by atoms with van der Waals surface area (Å²) in [7, 11) is 0. The van der Waals surface area contributed by atoms with E-state index in [4.69, 9.17) is 0 Å². The monoisotopic (exact) mass is 301 g/mol. The lowest BCUT2D eigenvalue weighted by molar-refractivity contribution is 0.600. The summed E-state index contributed by atoms with van der Waals surface area (Å²) in [6.07, 6.45) is 0. The van der Waals surface area contributed by atoms with Crippen molar-refractivity contribution in [2.45, 2.75) is 43.4 Å². The molecule has 0 amide bonds. The minimum atomic E-state index is -0.333. The van der Waals surface area contributed by atoms with Gasteiger partial charge < -0.3 is 5.32 Å². The third kappa shape index (κ3) is 3.34. The highest BCUT2D eigenvalue weighted by Crippen LogP contribution is 2.43. The van der Waals surface area contributed by atoms with Gasteiger partial charge in [-0.1, -0.05) is 13.8 Å². The first-order chi connectivity index (χ1) is 9.02. The zero-order chi connectivity index (χ0) is 14.0. The third-order valence-electron chi connectivity index (χ3n) is 3.22. The van der Waals surface area contributed by atoms with E-state index in [0.29, 0.717) is 28.6 Å². The molecule has 0 bridgehead atoms. The number of aryl methyl sites for hydroxylation is 1. The Hall–Kier alpha value is -0.490. The van der Waals surface area contributed by atoms with Crippen LogP contribution < -0.4 is 5.32 Å². The van der Waals surface area contributed by atoms with E-state index in [1.54, 1.807) is 6.92 Å². The maximum Gasteiger partial charge on any atom is 0.186 e. The van der Waals surface area contributed by atoms with E-state index in [2.05, 4.69) is 29.1 Å². The molecular formula is C13H20FN3S2. The predicted octanol–water partition coefficient (Wildman–Crippen LogP) is 3.65. The highest BCUT2D eigenvalue weighted by Gasteiger charge is 2.29. The molecule has 106 valence electrons. The quantitative estimate of drug-likeness (QED) is 0.922. The van der Waals surface area contributed by atoms with Gasteiger partial charge in [0.2, 0.25) is 0 Å². The van der Waals surface area contributed by atoms with E-state index < -0.39 is 0 Å². The first-order valence-electron chi connectivity index (χ1n) is 6.57. The largest absolute Gasteiger partial charge is 0.368 e. The van der Waals surface area contributed by atoms with Gasteiger partial charge in [-0.2, -0.15) is 11.8 Å². The van der Waals surface area contributed by atoms with Gasteiger partial charge in [0.25, 0.3) is 0 Å². The number of hydrogen-bond donors (Lipinski definition) is 1. The van der Waals surface area contributed by atoms with Gasteiger partial charge in [0, 0.05) is 22.8 Å². The normalized spacial score (nSPS) is 27.3. The Morgan fingerprint density at radius 2 is 2.05 bits per heavy atom. The van der Waals surface area contributed by atoms with Gasteiger partial charge in [-0.3, -0.25) is 0 Å². The Morgan fingerprint density at radius 1 is 1.32 bits per heavy atom. The average molecular weight is 301 g/mol. The van der Waals surface area contributed by atoms with Crippen LogP contribution in [0, 0.1) is 12.7 Å². The van der Waals surface area contributed by atoms with E-state index in [1.807, 2.05) is 30.4 Å². The van der Waals surface area contributed by atoms with E-state index in [0.717, 1.165) is 11.6 Å². The summed E-state index contributed by atoms with van der Waals surface area (Å²) in [6.45, 7) is 8.78. The number of aromatic nitrogens is 2. The minimum absolute atomic E-state index is 0.257. The van der Waals surface area contributed by atoms with E-state index >= 15 is 0 Å². The van der Waals surface area contributed by atoms with Crippen molar-refractivity contribution in [2.24, 2.45) is 0 Å². The van der Waals surface area contributed by atoms with Crippen LogP contribution in [-0.4, -0.2) is 32.8 Å². The lowest BCUT2D eigenvalue weighted by atomic mass is 10.3.